The molecule has 0 radical (unpaired) electrons. The van der Waals surface area contributed by atoms with Crippen LogP contribution in [-0.4, -0.2) is 21.6 Å². The quantitative estimate of drug-likeness (QED) is 0.395. The van der Waals surface area contributed by atoms with Gasteiger partial charge in [0.15, 0.2) is 5.78 Å². The summed E-state index contributed by atoms with van der Waals surface area (Å²) in [5, 5.41) is 20.9. The van der Waals surface area contributed by atoms with Crippen LogP contribution in [0.5, 0.6) is 5.75 Å². The molecule has 3 rings (SSSR count). The van der Waals surface area contributed by atoms with Crippen molar-refractivity contribution in [3.05, 3.63) is 73.8 Å². The lowest BCUT2D eigenvalue weighted by atomic mass is 10.0. The Balaban J connectivity index is 2.15. The van der Waals surface area contributed by atoms with E-state index in [0.717, 1.165) is 0 Å². The third-order valence-corrected chi connectivity index (χ3v) is 4.02. The molecule has 1 aliphatic carbocycles. The van der Waals surface area contributed by atoms with Crippen molar-refractivity contribution in [3.63, 3.8) is 0 Å². The summed E-state index contributed by atoms with van der Waals surface area (Å²) in [5.74, 6) is -1.02. The summed E-state index contributed by atoms with van der Waals surface area (Å²) < 4.78 is 0. The Hall–Kier alpha value is -3.28. The number of phenolic OH excluding ortho intramolecular Hbond substituents is 1. The van der Waals surface area contributed by atoms with Gasteiger partial charge in [-0.25, -0.2) is 0 Å². The van der Waals surface area contributed by atoms with Crippen LogP contribution in [0.25, 0.3) is 6.08 Å². The minimum absolute atomic E-state index is 0.0488. The number of nitro benzene ring substituents is 1. The Bertz CT molecular complexity index is 933. The molecule has 0 amide bonds. The van der Waals surface area contributed by atoms with Gasteiger partial charge in [-0.1, -0.05) is 6.07 Å². The molecule has 0 atom stereocenters. The monoisotopic (exact) mass is 323 g/mol. The van der Waals surface area contributed by atoms with Gasteiger partial charge in [0, 0.05) is 11.6 Å². The van der Waals surface area contributed by atoms with Crippen molar-refractivity contribution in [3.8, 4) is 5.75 Å². The molecular weight excluding hydrogens is 310 g/mol. The van der Waals surface area contributed by atoms with E-state index in [-0.39, 0.29) is 28.1 Å². The topological polar surface area (TPSA) is 97.5 Å². The predicted octanol–water partition coefficient (Wildman–Crippen LogP) is 3.38. The molecule has 0 heterocycles. The summed E-state index contributed by atoms with van der Waals surface area (Å²) in [6.07, 6.45) is 1.41. The number of fused-ring (bicyclic) bond motifs is 1. The zero-order chi connectivity index (χ0) is 17.6. The lowest BCUT2D eigenvalue weighted by Crippen LogP contribution is -2.02. The summed E-state index contributed by atoms with van der Waals surface area (Å²) >= 11 is 0. The maximum absolute atomic E-state index is 12.5. The Labute approximate surface area is 137 Å². The zero-order valence-corrected chi connectivity index (χ0v) is 13.0. The average Bonchev–Trinajstić information content (AvgIpc) is 2.77. The molecule has 0 unspecified atom stereocenters. The van der Waals surface area contributed by atoms with Crippen LogP contribution in [0.1, 0.15) is 37.4 Å². The number of carbonyl (C=O) groups excluding carboxylic acids is 2. The van der Waals surface area contributed by atoms with Gasteiger partial charge in [-0.3, -0.25) is 19.7 Å². The molecule has 1 aliphatic rings. The molecule has 0 saturated heterocycles. The van der Waals surface area contributed by atoms with Gasteiger partial charge in [0.2, 0.25) is 5.78 Å². The van der Waals surface area contributed by atoms with E-state index >= 15 is 0 Å². The first-order chi connectivity index (χ1) is 11.3. The number of phenols is 1. The first kappa shape index (κ1) is 15.6. The van der Waals surface area contributed by atoms with E-state index < -0.39 is 16.5 Å². The van der Waals surface area contributed by atoms with E-state index in [1.54, 1.807) is 26.0 Å². The van der Waals surface area contributed by atoms with Gasteiger partial charge in [0.25, 0.3) is 5.69 Å². The number of benzene rings is 2. The number of allylic oxidation sites excluding steroid dienone is 1. The third-order valence-electron chi connectivity index (χ3n) is 4.02. The van der Waals surface area contributed by atoms with Crippen LogP contribution >= 0.6 is 0 Å². The summed E-state index contributed by atoms with van der Waals surface area (Å²) in [4.78, 5) is 35.4. The van der Waals surface area contributed by atoms with Gasteiger partial charge >= 0.3 is 0 Å². The Kier molecular flexibility index (Phi) is 3.52. The van der Waals surface area contributed by atoms with E-state index in [4.69, 9.17) is 0 Å². The van der Waals surface area contributed by atoms with Gasteiger partial charge in [0.1, 0.15) is 11.3 Å². The molecule has 2 aromatic carbocycles. The standard InChI is InChI=1S/C18H13NO5/c1-9-6-11(7-10(2)16(9)20)8-13-17(21)12-4-3-5-14(19(23)24)15(12)18(13)22/h3-8,20H,1-2H3. The molecule has 0 saturated carbocycles. The molecular formula is C18H13NO5. The van der Waals surface area contributed by atoms with Crippen LogP contribution in [0.2, 0.25) is 0 Å². The second kappa shape index (κ2) is 5.42. The highest BCUT2D eigenvalue weighted by molar-refractivity contribution is 6.42. The number of Topliss-reactive ketones (excluding diaryl/α,β-unsaturated/α-hetero) is 2. The molecule has 6 nitrogen and oxygen atoms in total. The lowest BCUT2D eigenvalue weighted by molar-refractivity contribution is -0.385. The smallest absolute Gasteiger partial charge is 0.281 e. The zero-order valence-electron chi connectivity index (χ0n) is 13.0. The van der Waals surface area contributed by atoms with E-state index in [0.29, 0.717) is 16.7 Å². The lowest BCUT2D eigenvalue weighted by Gasteiger charge is -2.05. The molecule has 2 aromatic rings. The molecule has 0 aromatic heterocycles. The number of nitro groups is 1. The number of rotatable bonds is 2. The molecule has 120 valence electrons. The van der Waals surface area contributed by atoms with Crippen molar-refractivity contribution in [2.24, 2.45) is 0 Å². The maximum atomic E-state index is 12.5. The minimum Gasteiger partial charge on any atom is -0.507 e. The summed E-state index contributed by atoms with van der Waals surface area (Å²) in [7, 11) is 0. The van der Waals surface area contributed by atoms with Crippen LogP contribution in [0, 0.1) is 24.0 Å². The molecule has 0 spiro atoms. The largest absolute Gasteiger partial charge is 0.507 e. The van der Waals surface area contributed by atoms with Crippen LogP contribution in [0.3, 0.4) is 0 Å². The van der Waals surface area contributed by atoms with E-state index in [1.807, 2.05) is 0 Å². The number of aromatic hydroxyl groups is 1. The van der Waals surface area contributed by atoms with Crippen LogP contribution in [0.15, 0.2) is 35.9 Å². The predicted molar refractivity (Wildman–Crippen MR) is 87.3 cm³/mol. The molecule has 0 bridgehead atoms. The fourth-order valence-electron chi connectivity index (χ4n) is 2.87. The van der Waals surface area contributed by atoms with Crippen molar-refractivity contribution in [1.82, 2.24) is 0 Å². The van der Waals surface area contributed by atoms with Crippen molar-refractivity contribution < 1.29 is 19.6 Å². The first-order valence-electron chi connectivity index (χ1n) is 7.20. The summed E-state index contributed by atoms with van der Waals surface area (Å²) in [6, 6.07) is 7.30. The van der Waals surface area contributed by atoms with Gasteiger partial charge in [-0.05, 0) is 54.8 Å². The molecule has 0 fully saturated rings. The fraction of sp³-hybridized carbons (Fsp3) is 0.111. The SMILES string of the molecule is Cc1cc(C=C2C(=O)c3cccc([N+](=O)[O-])c3C2=O)cc(C)c1O. The van der Waals surface area contributed by atoms with Gasteiger partial charge in [-0.2, -0.15) is 0 Å². The second-order valence-electron chi connectivity index (χ2n) is 5.68. The summed E-state index contributed by atoms with van der Waals surface area (Å²) in [5.41, 5.74) is 1.22. The highest BCUT2D eigenvalue weighted by Gasteiger charge is 2.38. The number of hydrogen-bond acceptors (Lipinski definition) is 5. The Morgan fingerprint density at radius 3 is 2.29 bits per heavy atom. The van der Waals surface area contributed by atoms with Crippen molar-refractivity contribution in [2.75, 3.05) is 0 Å². The van der Waals surface area contributed by atoms with E-state index in [1.165, 1.54) is 24.3 Å². The van der Waals surface area contributed by atoms with Crippen LogP contribution < -0.4 is 0 Å². The highest BCUT2D eigenvalue weighted by Crippen LogP contribution is 2.34. The Morgan fingerprint density at radius 1 is 1.08 bits per heavy atom. The van der Waals surface area contributed by atoms with Crippen molar-refractivity contribution >= 4 is 23.3 Å². The van der Waals surface area contributed by atoms with E-state index in [2.05, 4.69) is 0 Å². The molecule has 0 aliphatic heterocycles. The number of ketones is 2. The number of nitrogens with zero attached hydrogens (tertiary/aromatic N) is 1. The highest BCUT2D eigenvalue weighted by atomic mass is 16.6. The average molecular weight is 323 g/mol. The number of carbonyl (C=O) groups is 2. The van der Waals surface area contributed by atoms with Crippen molar-refractivity contribution in [1.29, 1.82) is 0 Å². The fourth-order valence-corrected chi connectivity index (χ4v) is 2.87. The van der Waals surface area contributed by atoms with Crippen LogP contribution in [-0.2, 0) is 0 Å². The van der Waals surface area contributed by atoms with Crippen LogP contribution in [0.4, 0.5) is 5.69 Å². The summed E-state index contributed by atoms with van der Waals surface area (Å²) in [6.45, 7) is 3.42. The maximum Gasteiger partial charge on any atom is 0.281 e. The van der Waals surface area contributed by atoms with Gasteiger partial charge in [0.05, 0.1) is 10.5 Å². The van der Waals surface area contributed by atoms with E-state index in [9.17, 15) is 24.8 Å². The Morgan fingerprint density at radius 2 is 1.71 bits per heavy atom. The van der Waals surface area contributed by atoms with Gasteiger partial charge in [-0.15, -0.1) is 0 Å². The number of aryl methyl sites for hydroxylation is 2. The van der Waals surface area contributed by atoms with Crippen molar-refractivity contribution in [2.45, 2.75) is 13.8 Å². The first-order valence-corrected chi connectivity index (χ1v) is 7.20. The third kappa shape index (κ3) is 2.28. The van der Waals surface area contributed by atoms with Gasteiger partial charge < -0.3 is 5.11 Å². The second-order valence-corrected chi connectivity index (χ2v) is 5.68. The normalized spacial score (nSPS) is 15.0. The molecule has 6 heteroatoms. The molecule has 24 heavy (non-hydrogen) atoms. The molecule has 1 N–H and O–H groups in total. The number of hydrogen-bond donors (Lipinski definition) is 1. The minimum atomic E-state index is -0.665.